The maximum atomic E-state index is 11.1. The molecular weight excluding hydrogens is 226 g/mol. The summed E-state index contributed by atoms with van der Waals surface area (Å²) in [5.74, 6) is 0.453. The normalized spacial score (nSPS) is 12.9. The molecule has 0 radical (unpaired) electrons. The van der Waals surface area contributed by atoms with Crippen molar-refractivity contribution in [2.75, 3.05) is 5.75 Å². The first-order valence-corrected chi connectivity index (χ1v) is 6.11. The summed E-state index contributed by atoms with van der Waals surface area (Å²) in [6.07, 6.45) is 2.14. The third kappa shape index (κ3) is 4.63. The maximum absolute atomic E-state index is 11.1. The van der Waals surface area contributed by atoms with Gasteiger partial charge in [0.25, 0.3) is 0 Å². The molecule has 0 aromatic carbocycles. The molecule has 6 nitrogen and oxygen atoms in total. The zero-order chi connectivity index (χ0) is 12.0. The monoisotopic (exact) mass is 243 g/mol. The van der Waals surface area contributed by atoms with Gasteiger partial charge in [-0.2, -0.15) is 5.10 Å². The summed E-state index contributed by atoms with van der Waals surface area (Å²) < 4.78 is 0. The average Bonchev–Trinajstić information content (AvgIpc) is 2.68. The van der Waals surface area contributed by atoms with Crippen LogP contribution in [0.3, 0.4) is 0 Å². The molecule has 0 saturated carbocycles. The van der Waals surface area contributed by atoms with Crippen LogP contribution in [-0.4, -0.2) is 38.9 Å². The Balaban J connectivity index is 2.30. The van der Waals surface area contributed by atoms with Gasteiger partial charge in [-0.15, -0.1) is 0 Å². The fourth-order valence-corrected chi connectivity index (χ4v) is 2.03. The highest BCUT2D eigenvalue weighted by atomic mass is 32.2. The van der Waals surface area contributed by atoms with E-state index >= 15 is 0 Å². The van der Waals surface area contributed by atoms with Crippen molar-refractivity contribution in [1.82, 2.24) is 20.5 Å². The Hall–Kier alpha value is -1.08. The number of carbonyl (C=O) groups is 1. The van der Waals surface area contributed by atoms with Crippen LogP contribution in [0, 0.1) is 0 Å². The number of nitrogens with zero attached hydrogens (tertiary/aromatic N) is 2. The predicted molar refractivity (Wildman–Crippen MR) is 63.0 cm³/mol. The lowest BCUT2D eigenvalue weighted by atomic mass is 10.2. The molecule has 0 aliphatic rings. The Morgan fingerprint density at radius 3 is 2.94 bits per heavy atom. The second kappa shape index (κ2) is 6.49. The molecule has 7 heteroatoms. The van der Waals surface area contributed by atoms with Crippen LogP contribution in [0.25, 0.3) is 0 Å². The second-order valence-electron chi connectivity index (χ2n) is 3.70. The van der Waals surface area contributed by atoms with E-state index in [1.165, 1.54) is 18.1 Å². The van der Waals surface area contributed by atoms with Crippen LogP contribution < -0.4 is 11.1 Å². The number of amides is 1. The largest absolute Gasteiger partial charge is 0.368 e. The SMILES string of the molecule is CC(C)NC(CCSc1ncn[nH]1)C(N)=O. The van der Waals surface area contributed by atoms with Crippen molar-refractivity contribution < 1.29 is 4.79 Å². The first-order valence-electron chi connectivity index (χ1n) is 5.13. The Bertz CT molecular complexity index is 314. The number of nitrogens with one attached hydrogen (secondary N) is 2. The zero-order valence-corrected chi connectivity index (χ0v) is 10.3. The molecule has 0 aliphatic heterocycles. The molecule has 0 spiro atoms. The highest BCUT2D eigenvalue weighted by Gasteiger charge is 2.15. The number of nitrogens with two attached hydrogens (primary N) is 1. The summed E-state index contributed by atoms with van der Waals surface area (Å²) in [5, 5.41) is 10.4. The van der Waals surface area contributed by atoms with Crippen molar-refractivity contribution in [3.8, 4) is 0 Å². The number of rotatable bonds is 7. The number of H-pyrrole nitrogens is 1. The molecule has 0 fully saturated rings. The molecule has 4 N–H and O–H groups in total. The topological polar surface area (TPSA) is 96.7 Å². The van der Waals surface area contributed by atoms with Crippen molar-refractivity contribution in [2.24, 2.45) is 5.73 Å². The van der Waals surface area contributed by atoms with E-state index in [0.29, 0.717) is 6.42 Å². The maximum Gasteiger partial charge on any atom is 0.234 e. The molecule has 1 rings (SSSR count). The van der Waals surface area contributed by atoms with Crippen LogP contribution in [0.4, 0.5) is 0 Å². The molecule has 1 aromatic heterocycles. The molecule has 1 heterocycles. The summed E-state index contributed by atoms with van der Waals surface area (Å²) in [4.78, 5) is 15.1. The number of thioether (sulfide) groups is 1. The van der Waals surface area contributed by atoms with Gasteiger partial charge in [-0.25, -0.2) is 4.98 Å². The van der Waals surface area contributed by atoms with E-state index in [-0.39, 0.29) is 18.0 Å². The molecule has 0 saturated heterocycles. The van der Waals surface area contributed by atoms with Gasteiger partial charge < -0.3 is 11.1 Å². The summed E-state index contributed by atoms with van der Waals surface area (Å²) in [6, 6.07) is -0.0387. The number of hydrogen-bond donors (Lipinski definition) is 3. The van der Waals surface area contributed by atoms with Crippen molar-refractivity contribution in [3.63, 3.8) is 0 Å². The number of carbonyl (C=O) groups excluding carboxylic acids is 1. The molecule has 90 valence electrons. The van der Waals surface area contributed by atoms with Crippen LogP contribution in [0.2, 0.25) is 0 Å². The number of hydrogen-bond acceptors (Lipinski definition) is 5. The minimum absolute atomic E-state index is 0.243. The number of aromatic amines is 1. The molecule has 0 aliphatic carbocycles. The molecular formula is C9H17N5OS. The molecule has 1 atom stereocenters. The van der Waals surface area contributed by atoms with E-state index < -0.39 is 0 Å². The molecule has 1 unspecified atom stereocenters. The Kier molecular flexibility index (Phi) is 5.27. The van der Waals surface area contributed by atoms with Gasteiger partial charge in [0.15, 0.2) is 5.16 Å². The first kappa shape index (κ1) is 13.0. The lowest BCUT2D eigenvalue weighted by Crippen LogP contribution is -2.44. The fourth-order valence-electron chi connectivity index (χ4n) is 1.25. The van der Waals surface area contributed by atoms with E-state index in [9.17, 15) is 4.79 Å². The Morgan fingerprint density at radius 2 is 2.44 bits per heavy atom. The van der Waals surface area contributed by atoms with E-state index in [2.05, 4.69) is 20.5 Å². The molecule has 1 amide bonds. The van der Waals surface area contributed by atoms with Crippen LogP contribution in [0.15, 0.2) is 11.5 Å². The van der Waals surface area contributed by atoms with Gasteiger partial charge in [-0.05, 0) is 6.42 Å². The fraction of sp³-hybridized carbons (Fsp3) is 0.667. The van der Waals surface area contributed by atoms with Crippen molar-refractivity contribution in [1.29, 1.82) is 0 Å². The molecule has 16 heavy (non-hydrogen) atoms. The molecule has 1 aromatic rings. The van der Waals surface area contributed by atoms with E-state index in [1.807, 2.05) is 13.8 Å². The van der Waals surface area contributed by atoms with E-state index in [0.717, 1.165) is 10.9 Å². The van der Waals surface area contributed by atoms with Crippen LogP contribution in [0.5, 0.6) is 0 Å². The van der Waals surface area contributed by atoms with Gasteiger partial charge >= 0.3 is 0 Å². The third-order valence-corrected chi connectivity index (χ3v) is 2.83. The summed E-state index contributed by atoms with van der Waals surface area (Å²) >= 11 is 1.52. The second-order valence-corrected chi connectivity index (χ2v) is 4.79. The van der Waals surface area contributed by atoms with Crippen LogP contribution in [0.1, 0.15) is 20.3 Å². The van der Waals surface area contributed by atoms with Gasteiger partial charge in [0.05, 0.1) is 6.04 Å². The highest BCUT2D eigenvalue weighted by Crippen LogP contribution is 2.13. The highest BCUT2D eigenvalue weighted by molar-refractivity contribution is 7.99. The minimum Gasteiger partial charge on any atom is -0.368 e. The van der Waals surface area contributed by atoms with Gasteiger partial charge in [0.1, 0.15) is 6.33 Å². The van der Waals surface area contributed by atoms with Gasteiger partial charge in [-0.3, -0.25) is 9.89 Å². The predicted octanol–water partition coefficient (Wildman–Crippen LogP) is 0.139. The molecule has 0 bridgehead atoms. The first-order chi connectivity index (χ1) is 7.59. The quantitative estimate of drug-likeness (QED) is 0.592. The van der Waals surface area contributed by atoms with Gasteiger partial charge in [-0.1, -0.05) is 25.6 Å². The van der Waals surface area contributed by atoms with Crippen molar-refractivity contribution in [2.45, 2.75) is 37.5 Å². The smallest absolute Gasteiger partial charge is 0.234 e. The standard InChI is InChI=1S/C9H17N5OS/c1-6(2)13-7(8(10)15)3-4-16-9-11-5-12-14-9/h5-7,13H,3-4H2,1-2H3,(H2,10,15)(H,11,12,14). The Labute approximate surface area is 98.8 Å². The van der Waals surface area contributed by atoms with Crippen molar-refractivity contribution >= 4 is 17.7 Å². The summed E-state index contributed by atoms with van der Waals surface area (Å²) in [6.45, 7) is 3.97. The third-order valence-electron chi connectivity index (χ3n) is 1.92. The van der Waals surface area contributed by atoms with Gasteiger partial charge in [0, 0.05) is 11.8 Å². The van der Waals surface area contributed by atoms with Gasteiger partial charge in [0.2, 0.25) is 5.91 Å². The van der Waals surface area contributed by atoms with Crippen molar-refractivity contribution in [3.05, 3.63) is 6.33 Å². The minimum atomic E-state index is -0.313. The number of aromatic nitrogens is 3. The summed E-state index contributed by atoms with van der Waals surface area (Å²) in [5.41, 5.74) is 5.30. The van der Waals surface area contributed by atoms with E-state index in [1.54, 1.807) is 0 Å². The zero-order valence-electron chi connectivity index (χ0n) is 9.43. The number of primary amides is 1. The lowest BCUT2D eigenvalue weighted by Gasteiger charge is -2.17. The summed E-state index contributed by atoms with van der Waals surface area (Å²) in [7, 11) is 0. The van der Waals surface area contributed by atoms with Crippen LogP contribution >= 0.6 is 11.8 Å². The average molecular weight is 243 g/mol. The van der Waals surface area contributed by atoms with Crippen LogP contribution in [-0.2, 0) is 4.79 Å². The Morgan fingerprint density at radius 1 is 1.69 bits per heavy atom. The van der Waals surface area contributed by atoms with E-state index in [4.69, 9.17) is 5.73 Å². The lowest BCUT2D eigenvalue weighted by molar-refractivity contribution is -0.120.